The number of carbonyl (C=O) groups is 2. The van der Waals surface area contributed by atoms with Gasteiger partial charge in [-0.2, -0.15) is 0 Å². The molecule has 2 aromatic rings. The van der Waals surface area contributed by atoms with Gasteiger partial charge in [0.2, 0.25) is 9.84 Å². The molecule has 6 nitrogen and oxygen atoms in total. The molecule has 0 saturated carbocycles. The summed E-state index contributed by atoms with van der Waals surface area (Å²) in [7, 11) is -3.69. The van der Waals surface area contributed by atoms with Crippen LogP contribution < -0.4 is 5.32 Å². The van der Waals surface area contributed by atoms with E-state index in [2.05, 4.69) is 5.32 Å². The second-order valence-corrected chi connectivity index (χ2v) is 9.19. The third-order valence-corrected chi connectivity index (χ3v) is 6.78. The molecule has 2 N–H and O–H groups in total. The molecule has 0 aliphatic rings. The van der Waals surface area contributed by atoms with Crippen LogP contribution in [0.3, 0.4) is 0 Å². The van der Waals surface area contributed by atoms with Gasteiger partial charge in [-0.05, 0) is 36.6 Å². The summed E-state index contributed by atoms with van der Waals surface area (Å²) in [6, 6.07) is 9.67. The molecule has 1 aromatic carbocycles. The molecule has 1 aromatic heterocycles. The molecule has 1 heterocycles. The molecule has 0 spiro atoms. The van der Waals surface area contributed by atoms with Crippen molar-refractivity contribution in [2.45, 2.75) is 35.4 Å². The second kappa shape index (κ2) is 7.79. The van der Waals surface area contributed by atoms with Crippen LogP contribution in [-0.4, -0.2) is 31.4 Å². The van der Waals surface area contributed by atoms with Crippen LogP contribution in [-0.2, 0) is 14.6 Å². The summed E-state index contributed by atoms with van der Waals surface area (Å²) in [5.41, 5.74) is 0. The standard InChI is InChI=1S/C17H19NO5S2/c1-11(2)10-13(17(20)21)18-16(19)14-8-9-15(24-14)25(22,23)12-6-4-3-5-7-12/h3-9,11,13H,10H2,1-2H3,(H,18,19)(H,20,21)/t13-/m1/s1. The van der Waals surface area contributed by atoms with Gasteiger partial charge >= 0.3 is 5.97 Å². The zero-order chi connectivity index (χ0) is 18.6. The maximum Gasteiger partial charge on any atom is 0.326 e. The number of hydrogen-bond donors (Lipinski definition) is 2. The highest BCUT2D eigenvalue weighted by Crippen LogP contribution is 2.27. The SMILES string of the molecule is CC(C)C[C@@H](NC(=O)c1ccc(S(=O)(=O)c2ccccc2)s1)C(=O)O. The molecular formula is C17H19NO5S2. The quantitative estimate of drug-likeness (QED) is 0.768. The van der Waals surface area contributed by atoms with Crippen molar-refractivity contribution in [2.75, 3.05) is 0 Å². The predicted octanol–water partition coefficient (Wildman–Crippen LogP) is 2.81. The van der Waals surface area contributed by atoms with E-state index in [1.165, 1.54) is 24.3 Å². The maximum absolute atomic E-state index is 12.5. The maximum atomic E-state index is 12.5. The highest BCUT2D eigenvalue weighted by atomic mass is 32.2. The van der Waals surface area contributed by atoms with E-state index in [9.17, 15) is 23.1 Å². The Morgan fingerprint density at radius 1 is 1.12 bits per heavy atom. The van der Waals surface area contributed by atoms with Gasteiger partial charge in [0, 0.05) is 0 Å². The lowest BCUT2D eigenvalue weighted by Crippen LogP contribution is -2.41. The Hall–Kier alpha value is -2.19. The summed E-state index contributed by atoms with van der Waals surface area (Å²) in [4.78, 5) is 23.8. The Balaban J connectivity index is 2.20. The van der Waals surface area contributed by atoms with E-state index in [1.807, 2.05) is 13.8 Å². The zero-order valence-corrected chi connectivity index (χ0v) is 15.4. The van der Waals surface area contributed by atoms with Gasteiger partial charge < -0.3 is 10.4 Å². The van der Waals surface area contributed by atoms with Crippen LogP contribution >= 0.6 is 11.3 Å². The van der Waals surface area contributed by atoms with Gasteiger partial charge in [-0.3, -0.25) is 4.79 Å². The topological polar surface area (TPSA) is 101 Å². The first-order valence-electron chi connectivity index (χ1n) is 7.65. The van der Waals surface area contributed by atoms with Crippen LogP contribution in [0.4, 0.5) is 0 Å². The molecule has 1 amide bonds. The minimum absolute atomic E-state index is 0.0413. The molecule has 1 atom stereocenters. The zero-order valence-electron chi connectivity index (χ0n) is 13.8. The molecule has 25 heavy (non-hydrogen) atoms. The van der Waals surface area contributed by atoms with Crippen LogP contribution in [0.5, 0.6) is 0 Å². The second-order valence-electron chi connectivity index (χ2n) is 5.93. The number of aliphatic carboxylic acids is 1. The van der Waals surface area contributed by atoms with Crippen molar-refractivity contribution in [1.82, 2.24) is 5.32 Å². The minimum Gasteiger partial charge on any atom is -0.480 e. The van der Waals surface area contributed by atoms with Gasteiger partial charge in [-0.15, -0.1) is 11.3 Å². The normalized spacial score (nSPS) is 12.8. The fourth-order valence-electron chi connectivity index (χ4n) is 2.22. The first kappa shape index (κ1) is 19.1. The number of thiophene rings is 1. The number of nitrogens with one attached hydrogen (secondary N) is 1. The van der Waals surface area contributed by atoms with E-state index in [0.29, 0.717) is 6.42 Å². The van der Waals surface area contributed by atoms with E-state index in [-0.39, 0.29) is 19.9 Å². The Kier molecular flexibility index (Phi) is 5.97. The fourth-order valence-corrected chi connectivity index (χ4v) is 4.86. The summed E-state index contributed by atoms with van der Waals surface area (Å²) in [6.07, 6.45) is 0.293. The Labute approximate surface area is 150 Å². The molecule has 0 saturated heterocycles. The van der Waals surface area contributed by atoms with E-state index >= 15 is 0 Å². The molecule has 0 aliphatic carbocycles. The van der Waals surface area contributed by atoms with Gasteiger partial charge in [0.05, 0.1) is 9.77 Å². The van der Waals surface area contributed by atoms with Gasteiger partial charge in [0.15, 0.2) is 0 Å². The van der Waals surface area contributed by atoms with Crippen molar-refractivity contribution in [3.8, 4) is 0 Å². The van der Waals surface area contributed by atoms with Crippen LogP contribution in [0.15, 0.2) is 51.6 Å². The molecule has 2 rings (SSSR count). The summed E-state index contributed by atoms with van der Waals surface area (Å²) >= 11 is 0.822. The van der Waals surface area contributed by atoms with E-state index in [0.717, 1.165) is 11.3 Å². The highest BCUT2D eigenvalue weighted by Gasteiger charge is 2.25. The average molecular weight is 381 g/mol. The largest absolute Gasteiger partial charge is 0.480 e. The number of carbonyl (C=O) groups excluding carboxylic acids is 1. The van der Waals surface area contributed by atoms with E-state index in [4.69, 9.17) is 0 Å². The number of benzene rings is 1. The molecular weight excluding hydrogens is 362 g/mol. The molecule has 0 aliphatic heterocycles. The lowest BCUT2D eigenvalue weighted by atomic mass is 10.0. The third-order valence-electron chi connectivity index (χ3n) is 3.43. The first-order chi connectivity index (χ1) is 11.7. The van der Waals surface area contributed by atoms with Gasteiger partial charge in [0.1, 0.15) is 10.3 Å². The highest BCUT2D eigenvalue weighted by molar-refractivity contribution is 7.93. The van der Waals surface area contributed by atoms with Crippen molar-refractivity contribution in [3.05, 3.63) is 47.3 Å². The number of carboxylic acids is 1. The molecule has 8 heteroatoms. The number of amides is 1. The van der Waals surface area contributed by atoms with Crippen molar-refractivity contribution in [3.63, 3.8) is 0 Å². The van der Waals surface area contributed by atoms with Crippen LogP contribution in [0.25, 0.3) is 0 Å². The molecule has 0 unspecified atom stereocenters. The summed E-state index contributed by atoms with van der Waals surface area (Å²) in [6.45, 7) is 3.72. The van der Waals surface area contributed by atoms with Crippen LogP contribution in [0, 0.1) is 5.92 Å². The monoisotopic (exact) mass is 381 g/mol. The van der Waals surface area contributed by atoms with Crippen LogP contribution in [0.1, 0.15) is 29.9 Å². The molecule has 0 bridgehead atoms. The fraction of sp³-hybridized carbons (Fsp3) is 0.294. The predicted molar refractivity (Wildman–Crippen MR) is 94.6 cm³/mol. The first-order valence-corrected chi connectivity index (χ1v) is 9.95. The number of carboxylic acid groups (broad SMARTS) is 1. The van der Waals surface area contributed by atoms with Gasteiger partial charge in [-0.1, -0.05) is 32.0 Å². The smallest absolute Gasteiger partial charge is 0.326 e. The Morgan fingerprint density at radius 2 is 1.76 bits per heavy atom. The van der Waals surface area contributed by atoms with Crippen LogP contribution in [0.2, 0.25) is 0 Å². The molecule has 134 valence electrons. The average Bonchev–Trinajstić information content (AvgIpc) is 3.05. The lowest BCUT2D eigenvalue weighted by molar-refractivity contribution is -0.139. The summed E-state index contributed by atoms with van der Waals surface area (Å²) < 4.78 is 25.1. The summed E-state index contributed by atoms with van der Waals surface area (Å²) in [5, 5.41) is 11.6. The van der Waals surface area contributed by atoms with E-state index in [1.54, 1.807) is 18.2 Å². The minimum atomic E-state index is -3.69. The molecule has 0 fully saturated rings. The molecule has 0 radical (unpaired) electrons. The Morgan fingerprint density at radius 3 is 2.32 bits per heavy atom. The number of hydrogen-bond acceptors (Lipinski definition) is 5. The Bertz CT molecular complexity index is 856. The van der Waals surface area contributed by atoms with Crippen molar-refractivity contribution < 1.29 is 23.1 Å². The lowest BCUT2D eigenvalue weighted by Gasteiger charge is -2.15. The van der Waals surface area contributed by atoms with Crippen molar-refractivity contribution in [1.29, 1.82) is 0 Å². The number of rotatable bonds is 7. The van der Waals surface area contributed by atoms with Gasteiger partial charge in [0.25, 0.3) is 5.91 Å². The number of sulfone groups is 1. The summed E-state index contributed by atoms with van der Waals surface area (Å²) in [5.74, 6) is -1.61. The van der Waals surface area contributed by atoms with Gasteiger partial charge in [-0.25, -0.2) is 13.2 Å². The van der Waals surface area contributed by atoms with Crippen molar-refractivity contribution in [2.24, 2.45) is 5.92 Å². The van der Waals surface area contributed by atoms with E-state index < -0.39 is 27.8 Å². The van der Waals surface area contributed by atoms with Crippen molar-refractivity contribution >= 4 is 33.1 Å². The third kappa shape index (κ3) is 4.67.